The third kappa shape index (κ3) is 2.59. The van der Waals surface area contributed by atoms with Gasteiger partial charge >= 0.3 is 5.97 Å². The number of methoxy groups -OCH3 is 1. The van der Waals surface area contributed by atoms with Gasteiger partial charge in [-0.25, -0.2) is 0 Å². The highest BCUT2D eigenvalue weighted by molar-refractivity contribution is 6.45. The second-order valence-corrected chi connectivity index (χ2v) is 12.3. The maximum atomic E-state index is 13.5. The molecule has 8 atom stereocenters. The molecule has 0 N–H and O–H groups in total. The summed E-state index contributed by atoms with van der Waals surface area (Å²) in [5.74, 6) is 0.180. The smallest absolute Gasteiger partial charge is 0.311 e. The van der Waals surface area contributed by atoms with Crippen LogP contribution in [0, 0.1) is 51.8 Å². The predicted octanol–water partition coefficient (Wildman–Crippen LogP) is 5.49. The number of esters is 1. The van der Waals surface area contributed by atoms with Gasteiger partial charge in [-0.05, 0) is 68.1 Å². The first-order valence-electron chi connectivity index (χ1n) is 12.3. The molecule has 0 unspecified atom stereocenters. The Labute approximate surface area is 196 Å². The van der Waals surface area contributed by atoms with E-state index in [-0.39, 0.29) is 63.0 Å². The standard InChI is InChI=1S/C27H35ClO4/c1-14(2)16-13-27-10-7-19-25(3,8-6-9-26(19,4)24(31)32-5)20(27)11-15(16)21-18(29)12-17(28)23(30)22(21)27/h12-15,19-22H,6-11H2,1-5H3/t15-,19+,20+,21-,22+,25-,26+,27+/m0/s1. The molecule has 0 saturated heterocycles. The predicted molar refractivity (Wildman–Crippen MR) is 123 cm³/mol. The van der Waals surface area contributed by atoms with Gasteiger partial charge in [0.15, 0.2) is 11.6 Å². The van der Waals surface area contributed by atoms with E-state index in [1.54, 1.807) is 0 Å². The second kappa shape index (κ2) is 7.04. The number of halogens is 1. The lowest BCUT2D eigenvalue weighted by Gasteiger charge is -2.69. The van der Waals surface area contributed by atoms with Gasteiger partial charge in [-0.1, -0.05) is 50.4 Å². The van der Waals surface area contributed by atoms with Crippen molar-refractivity contribution in [3.8, 4) is 0 Å². The van der Waals surface area contributed by atoms with Crippen LogP contribution >= 0.6 is 11.6 Å². The monoisotopic (exact) mass is 458 g/mol. The Morgan fingerprint density at radius 2 is 1.88 bits per heavy atom. The Bertz CT molecular complexity index is 963. The van der Waals surface area contributed by atoms with Crippen molar-refractivity contribution < 1.29 is 19.1 Å². The van der Waals surface area contributed by atoms with Crippen molar-refractivity contribution in [3.05, 3.63) is 22.8 Å². The maximum Gasteiger partial charge on any atom is 0.311 e. The summed E-state index contributed by atoms with van der Waals surface area (Å²) in [6.07, 6.45) is 9.33. The maximum absolute atomic E-state index is 13.5. The highest BCUT2D eigenvalue weighted by atomic mass is 35.5. The van der Waals surface area contributed by atoms with Gasteiger partial charge in [0, 0.05) is 23.3 Å². The van der Waals surface area contributed by atoms with Gasteiger partial charge in [0.2, 0.25) is 0 Å². The third-order valence-electron chi connectivity index (χ3n) is 10.4. The molecule has 3 saturated carbocycles. The normalized spacial score (nSPS) is 47.3. The zero-order valence-electron chi connectivity index (χ0n) is 19.9. The number of ketones is 2. The lowest BCUT2D eigenvalue weighted by atomic mass is 9.33. The molecule has 5 heteroatoms. The molecular weight excluding hydrogens is 424 g/mol. The number of rotatable bonds is 2. The molecule has 1 spiro atoms. The molecule has 0 aromatic heterocycles. The molecule has 2 bridgehead atoms. The average molecular weight is 459 g/mol. The number of hydrogen-bond donors (Lipinski definition) is 0. The zero-order valence-corrected chi connectivity index (χ0v) is 20.6. The van der Waals surface area contributed by atoms with Crippen molar-refractivity contribution >= 4 is 29.1 Å². The van der Waals surface area contributed by atoms with E-state index in [4.69, 9.17) is 16.3 Å². The first-order valence-corrected chi connectivity index (χ1v) is 12.7. The van der Waals surface area contributed by atoms with Gasteiger partial charge in [0.05, 0.1) is 17.6 Å². The number of allylic oxidation sites excluding steroid dienone is 4. The van der Waals surface area contributed by atoms with Crippen LogP contribution in [-0.2, 0) is 19.1 Å². The molecular formula is C27H35ClO4. The summed E-state index contributed by atoms with van der Waals surface area (Å²) in [5, 5.41) is 0.103. The molecule has 6 aliphatic carbocycles. The third-order valence-corrected chi connectivity index (χ3v) is 10.7. The van der Waals surface area contributed by atoms with Gasteiger partial charge < -0.3 is 4.74 Å². The topological polar surface area (TPSA) is 60.4 Å². The van der Waals surface area contributed by atoms with E-state index in [1.165, 1.54) is 18.8 Å². The van der Waals surface area contributed by atoms with Crippen molar-refractivity contribution in [2.45, 2.75) is 66.2 Å². The van der Waals surface area contributed by atoms with Crippen LogP contribution in [0.4, 0.5) is 0 Å². The molecule has 0 aromatic carbocycles. The van der Waals surface area contributed by atoms with Crippen LogP contribution in [0.5, 0.6) is 0 Å². The first-order chi connectivity index (χ1) is 15.0. The summed E-state index contributed by atoms with van der Waals surface area (Å²) < 4.78 is 5.29. The van der Waals surface area contributed by atoms with Crippen LogP contribution in [0.25, 0.3) is 0 Å². The fourth-order valence-electron chi connectivity index (χ4n) is 9.29. The fourth-order valence-corrected chi connectivity index (χ4v) is 9.52. The van der Waals surface area contributed by atoms with Crippen LogP contribution < -0.4 is 0 Å². The van der Waals surface area contributed by atoms with Crippen molar-refractivity contribution in [3.63, 3.8) is 0 Å². The molecule has 6 aliphatic rings. The molecule has 3 fully saturated rings. The van der Waals surface area contributed by atoms with Gasteiger partial charge in [0.1, 0.15) is 0 Å². The Kier molecular flexibility index (Phi) is 4.92. The molecule has 174 valence electrons. The molecule has 0 amide bonds. The number of ether oxygens (including phenoxy) is 1. The van der Waals surface area contributed by atoms with Crippen LogP contribution in [0.2, 0.25) is 0 Å². The van der Waals surface area contributed by atoms with Gasteiger partial charge in [-0.3, -0.25) is 14.4 Å². The molecule has 0 heterocycles. The van der Waals surface area contributed by atoms with E-state index in [2.05, 4.69) is 33.8 Å². The van der Waals surface area contributed by atoms with E-state index in [1.807, 2.05) is 0 Å². The minimum Gasteiger partial charge on any atom is -0.469 e. The number of fused-ring (bicyclic) bond motifs is 1. The minimum atomic E-state index is -0.492. The molecule has 0 aromatic rings. The van der Waals surface area contributed by atoms with Crippen LogP contribution in [0.1, 0.15) is 66.2 Å². The van der Waals surface area contributed by atoms with Crippen molar-refractivity contribution in [1.82, 2.24) is 0 Å². The number of carbonyl (C=O) groups excluding carboxylic acids is 3. The highest BCUT2D eigenvalue weighted by Crippen LogP contribution is 2.74. The molecule has 6 rings (SSSR count). The Morgan fingerprint density at radius 3 is 2.53 bits per heavy atom. The van der Waals surface area contributed by atoms with Crippen molar-refractivity contribution in [2.24, 2.45) is 51.8 Å². The number of carbonyl (C=O) groups is 3. The summed E-state index contributed by atoms with van der Waals surface area (Å²) in [6, 6.07) is 0. The second-order valence-electron chi connectivity index (χ2n) is 11.9. The molecule has 0 aliphatic heterocycles. The van der Waals surface area contributed by atoms with Gasteiger partial charge in [-0.15, -0.1) is 0 Å². The summed E-state index contributed by atoms with van der Waals surface area (Å²) in [5.41, 5.74) is 0.440. The van der Waals surface area contributed by atoms with Crippen LogP contribution in [-0.4, -0.2) is 24.6 Å². The fraction of sp³-hybridized carbons (Fsp3) is 0.741. The van der Waals surface area contributed by atoms with E-state index in [0.717, 1.165) is 38.5 Å². The van der Waals surface area contributed by atoms with E-state index >= 15 is 0 Å². The van der Waals surface area contributed by atoms with Gasteiger partial charge in [-0.2, -0.15) is 0 Å². The Balaban J connectivity index is 1.67. The average Bonchev–Trinajstić information content (AvgIpc) is 2.75. The van der Waals surface area contributed by atoms with Crippen LogP contribution in [0.15, 0.2) is 22.8 Å². The Hall–Kier alpha value is -1.42. The highest BCUT2D eigenvalue weighted by Gasteiger charge is 2.71. The van der Waals surface area contributed by atoms with E-state index < -0.39 is 5.41 Å². The molecule has 32 heavy (non-hydrogen) atoms. The lowest BCUT2D eigenvalue weighted by molar-refractivity contribution is -0.199. The minimum absolute atomic E-state index is 0.0315. The van der Waals surface area contributed by atoms with Crippen LogP contribution in [0.3, 0.4) is 0 Å². The SMILES string of the molecule is COC(=O)[C@]1(C)CCC[C@]2(C)[C@H]3C[C@H]4C(C(C)C)=C[C@@]3(CC[C@H]21)[C@H]1C(=O)C(Cl)=CC(=O)[C@H]41. The van der Waals surface area contributed by atoms with E-state index in [0.29, 0.717) is 5.92 Å². The summed E-state index contributed by atoms with van der Waals surface area (Å²) in [6.45, 7) is 8.85. The lowest BCUT2D eigenvalue weighted by Crippen LogP contribution is -2.67. The first kappa shape index (κ1) is 22.4. The number of hydrogen-bond acceptors (Lipinski definition) is 4. The van der Waals surface area contributed by atoms with Gasteiger partial charge in [0.25, 0.3) is 0 Å². The molecule has 0 radical (unpaired) electrons. The quantitative estimate of drug-likeness (QED) is 0.405. The number of Topliss-reactive ketones (excluding diaryl/α,β-unsaturated/α-hetero) is 1. The summed E-state index contributed by atoms with van der Waals surface area (Å²) in [4.78, 5) is 39.7. The zero-order chi connectivity index (χ0) is 23.2. The summed E-state index contributed by atoms with van der Waals surface area (Å²) in [7, 11) is 1.50. The van der Waals surface area contributed by atoms with E-state index in [9.17, 15) is 14.4 Å². The summed E-state index contributed by atoms with van der Waals surface area (Å²) >= 11 is 6.33. The molecule has 4 nitrogen and oxygen atoms in total. The van der Waals surface area contributed by atoms with Crippen molar-refractivity contribution in [1.29, 1.82) is 0 Å². The van der Waals surface area contributed by atoms with Crippen molar-refractivity contribution in [2.75, 3.05) is 7.11 Å². The largest absolute Gasteiger partial charge is 0.469 e. The Morgan fingerprint density at radius 1 is 1.16 bits per heavy atom.